The van der Waals surface area contributed by atoms with E-state index in [2.05, 4.69) is 29.2 Å². The van der Waals surface area contributed by atoms with Crippen molar-refractivity contribution in [3.63, 3.8) is 0 Å². The van der Waals surface area contributed by atoms with Gasteiger partial charge in [-0.25, -0.2) is 4.98 Å². The summed E-state index contributed by atoms with van der Waals surface area (Å²) < 4.78 is 0. The molecule has 2 aromatic carbocycles. The van der Waals surface area contributed by atoms with Crippen molar-refractivity contribution in [2.75, 3.05) is 6.61 Å². The van der Waals surface area contributed by atoms with E-state index in [9.17, 15) is 5.11 Å². The van der Waals surface area contributed by atoms with Crippen LogP contribution in [0, 0.1) is 0 Å². The van der Waals surface area contributed by atoms with E-state index in [0.29, 0.717) is 5.15 Å². The average molecular weight is 312 g/mol. The molecule has 2 nitrogen and oxygen atoms in total. The van der Waals surface area contributed by atoms with Gasteiger partial charge in [0.25, 0.3) is 0 Å². The third-order valence-electron chi connectivity index (χ3n) is 3.99. The first-order valence-electron chi connectivity index (χ1n) is 7.50. The van der Waals surface area contributed by atoms with Crippen molar-refractivity contribution in [2.24, 2.45) is 0 Å². The molecule has 22 heavy (non-hydrogen) atoms. The second-order valence-electron chi connectivity index (χ2n) is 5.38. The molecule has 1 heterocycles. The maximum atomic E-state index is 9.24. The molecule has 1 unspecified atom stereocenters. The van der Waals surface area contributed by atoms with Crippen LogP contribution >= 0.6 is 11.6 Å². The van der Waals surface area contributed by atoms with Crippen molar-refractivity contribution in [1.29, 1.82) is 0 Å². The zero-order chi connectivity index (χ0) is 15.4. The minimum atomic E-state index is 0.138. The monoisotopic (exact) mass is 311 g/mol. The van der Waals surface area contributed by atoms with E-state index in [4.69, 9.17) is 11.6 Å². The van der Waals surface area contributed by atoms with Gasteiger partial charge in [0.2, 0.25) is 0 Å². The Bertz CT molecular complexity index is 758. The van der Waals surface area contributed by atoms with Crippen LogP contribution in [0.2, 0.25) is 5.15 Å². The summed E-state index contributed by atoms with van der Waals surface area (Å²) in [6, 6.07) is 18.5. The van der Waals surface area contributed by atoms with E-state index in [1.165, 1.54) is 5.56 Å². The fraction of sp³-hybridized carbons (Fsp3) is 0.211. The van der Waals surface area contributed by atoms with E-state index in [1.54, 1.807) is 0 Å². The van der Waals surface area contributed by atoms with E-state index in [0.717, 1.165) is 29.2 Å². The first-order chi connectivity index (χ1) is 10.8. The Hall–Kier alpha value is -1.90. The van der Waals surface area contributed by atoms with Gasteiger partial charge in [0, 0.05) is 29.7 Å². The second-order valence-corrected chi connectivity index (χ2v) is 5.74. The Kier molecular flexibility index (Phi) is 4.71. The lowest BCUT2D eigenvalue weighted by Gasteiger charge is -2.20. The highest BCUT2D eigenvalue weighted by Gasteiger charge is 2.20. The van der Waals surface area contributed by atoms with Gasteiger partial charge in [-0.1, -0.05) is 66.2 Å². The molecule has 0 aliphatic rings. The second kappa shape index (κ2) is 6.91. The van der Waals surface area contributed by atoms with Crippen LogP contribution in [0.1, 0.15) is 29.9 Å². The molecular weight excluding hydrogens is 294 g/mol. The predicted octanol–water partition coefficient (Wildman–Crippen LogP) is 4.79. The van der Waals surface area contributed by atoms with Gasteiger partial charge in [-0.3, -0.25) is 0 Å². The summed E-state index contributed by atoms with van der Waals surface area (Å²) in [5.74, 6) is 0.138. The lowest BCUT2D eigenvalue weighted by Crippen LogP contribution is -2.05. The summed E-state index contributed by atoms with van der Waals surface area (Å²) in [5.41, 5.74) is 2.26. The van der Waals surface area contributed by atoms with Gasteiger partial charge < -0.3 is 5.11 Å². The molecule has 0 spiro atoms. The zero-order valence-electron chi connectivity index (χ0n) is 12.2. The largest absolute Gasteiger partial charge is 0.396 e. The van der Waals surface area contributed by atoms with Crippen molar-refractivity contribution < 1.29 is 5.11 Å². The number of fused-ring (bicyclic) bond motifs is 1. The van der Waals surface area contributed by atoms with Gasteiger partial charge in [-0.2, -0.15) is 0 Å². The molecule has 0 bridgehead atoms. The molecule has 0 aliphatic heterocycles. The number of benzene rings is 2. The molecule has 0 fully saturated rings. The Morgan fingerprint density at radius 2 is 1.73 bits per heavy atom. The first-order valence-corrected chi connectivity index (χ1v) is 7.88. The molecular formula is C19H18ClNO. The molecule has 1 N–H and O–H groups in total. The molecule has 0 radical (unpaired) electrons. The lowest BCUT2D eigenvalue weighted by molar-refractivity contribution is 0.282. The number of pyridine rings is 1. The van der Waals surface area contributed by atoms with E-state index < -0.39 is 0 Å². The SMILES string of the molecule is OCCCC(c1ccccc1)c1c(Cl)ncc2ccccc12. The van der Waals surface area contributed by atoms with Crippen LogP contribution < -0.4 is 0 Å². The third-order valence-corrected chi connectivity index (χ3v) is 4.29. The number of hydrogen-bond acceptors (Lipinski definition) is 2. The number of hydrogen-bond donors (Lipinski definition) is 1. The number of nitrogens with zero attached hydrogens (tertiary/aromatic N) is 1. The average Bonchev–Trinajstić information content (AvgIpc) is 2.58. The summed E-state index contributed by atoms with van der Waals surface area (Å²) in [5, 5.41) is 12.0. The van der Waals surface area contributed by atoms with Crippen LogP contribution in [0.3, 0.4) is 0 Å². The summed E-state index contributed by atoms with van der Waals surface area (Å²) >= 11 is 6.45. The Labute approximate surface area is 135 Å². The van der Waals surface area contributed by atoms with Crippen LogP contribution in [0.25, 0.3) is 10.8 Å². The minimum absolute atomic E-state index is 0.138. The van der Waals surface area contributed by atoms with Crippen LogP contribution in [0.4, 0.5) is 0 Å². The molecule has 0 amide bonds. The molecule has 1 atom stereocenters. The molecule has 0 saturated carbocycles. The van der Waals surface area contributed by atoms with Crippen molar-refractivity contribution >= 4 is 22.4 Å². The number of aromatic nitrogens is 1. The number of halogens is 1. The number of rotatable bonds is 5. The molecule has 112 valence electrons. The topological polar surface area (TPSA) is 33.1 Å². The summed E-state index contributed by atoms with van der Waals surface area (Å²) in [4.78, 5) is 4.36. The van der Waals surface area contributed by atoms with Crippen molar-refractivity contribution in [1.82, 2.24) is 4.98 Å². The van der Waals surface area contributed by atoms with Crippen molar-refractivity contribution in [3.05, 3.63) is 77.1 Å². The molecule has 3 heteroatoms. The van der Waals surface area contributed by atoms with Crippen LogP contribution in [-0.4, -0.2) is 16.7 Å². The molecule has 0 aliphatic carbocycles. The smallest absolute Gasteiger partial charge is 0.133 e. The van der Waals surface area contributed by atoms with Crippen LogP contribution in [-0.2, 0) is 0 Å². The predicted molar refractivity (Wildman–Crippen MR) is 91.4 cm³/mol. The van der Waals surface area contributed by atoms with Gasteiger partial charge >= 0.3 is 0 Å². The maximum absolute atomic E-state index is 9.24. The van der Waals surface area contributed by atoms with Gasteiger partial charge in [-0.05, 0) is 23.8 Å². The summed E-state index contributed by atoms with van der Waals surface area (Å²) in [7, 11) is 0. The van der Waals surface area contributed by atoms with E-state index in [1.807, 2.05) is 36.5 Å². The highest BCUT2D eigenvalue weighted by Crippen LogP contribution is 2.37. The minimum Gasteiger partial charge on any atom is -0.396 e. The van der Waals surface area contributed by atoms with Gasteiger partial charge in [0.15, 0.2) is 0 Å². The Morgan fingerprint density at radius 3 is 2.50 bits per heavy atom. The van der Waals surface area contributed by atoms with Gasteiger partial charge in [0.1, 0.15) is 5.15 Å². The third kappa shape index (κ3) is 2.99. The Balaban J connectivity index is 2.17. The van der Waals surface area contributed by atoms with E-state index in [-0.39, 0.29) is 12.5 Å². The lowest BCUT2D eigenvalue weighted by atomic mass is 9.86. The highest BCUT2D eigenvalue weighted by molar-refractivity contribution is 6.31. The fourth-order valence-corrected chi connectivity index (χ4v) is 3.23. The maximum Gasteiger partial charge on any atom is 0.133 e. The van der Waals surface area contributed by atoms with Crippen molar-refractivity contribution in [2.45, 2.75) is 18.8 Å². The zero-order valence-corrected chi connectivity index (χ0v) is 13.0. The molecule has 3 rings (SSSR count). The van der Waals surface area contributed by atoms with Gasteiger partial charge in [0.05, 0.1) is 0 Å². The molecule has 0 saturated heterocycles. The van der Waals surface area contributed by atoms with Crippen LogP contribution in [0.5, 0.6) is 0 Å². The van der Waals surface area contributed by atoms with Crippen molar-refractivity contribution in [3.8, 4) is 0 Å². The van der Waals surface area contributed by atoms with Gasteiger partial charge in [-0.15, -0.1) is 0 Å². The quantitative estimate of drug-likeness (QED) is 0.687. The fourth-order valence-electron chi connectivity index (χ4n) is 2.95. The Morgan fingerprint density at radius 1 is 1.00 bits per heavy atom. The normalized spacial score (nSPS) is 12.5. The molecule has 3 aromatic rings. The number of aliphatic hydroxyl groups excluding tert-OH is 1. The number of aliphatic hydroxyl groups is 1. The highest BCUT2D eigenvalue weighted by atomic mass is 35.5. The summed E-state index contributed by atoms with van der Waals surface area (Å²) in [6.07, 6.45) is 3.39. The van der Waals surface area contributed by atoms with E-state index >= 15 is 0 Å². The first kappa shape index (κ1) is 15.0. The molecule has 1 aromatic heterocycles. The van der Waals surface area contributed by atoms with Crippen LogP contribution in [0.15, 0.2) is 60.8 Å². The summed E-state index contributed by atoms with van der Waals surface area (Å²) in [6.45, 7) is 0.180. The standard InChI is InChI=1S/C19H18ClNO/c20-19-18(17-10-5-4-9-15(17)13-21-19)16(11-6-12-22)14-7-2-1-3-8-14/h1-5,7-10,13,16,22H,6,11-12H2.